The highest BCUT2D eigenvalue weighted by atomic mass is 35.5. The van der Waals surface area contributed by atoms with Gasteiger partial charge in [0.25, 0.3) is 0 Å². The second-order valence-corrected chi connectivity index (χ2v) is 7.15. The average molecular weight is 309 g/mol. The first-order valence-corrected chi connectivity index (χ1v) is 8.12. The molecule has 0 bridgehead atoms. The molecule has 0 heterocycles. The molecule has 0 unspecified atom stereocenters. The smallest absolute Gasteiger partial charge is 0.165 e. The lowest BCUT2D eigenvalue weighted by atomic mass is 10.1. The quantitative estimate of drug-likeness (QED) is 0.757. The second kappa shape index (κ2) is 6.55. The zero-order valence-electron chi connectivity index (χ0n) is 9.95. The largest absolute Gasteiger partial charge is 0.294 e. The number of hydrogen-bond acceptors (Lipinski definition) is 3. The highest BCUT2D eigenvalue weighted by Gasteiger charge is 2.15. The number of benzene rings is 1. The molecule has 0 amide bonds. The van der Waals surface area contributed by atoms with Gasteiger partial charge < -0.3 is 0 Å². The lowest BCUT2D eigenvalue weighted by molar-refractivity contribution is 0.0982. The van der Waals surface area contributed by atoms with Gasteiger partial charge in [-0.3, -0.25) is 4.79 Å². The molecule has 0 N–H and O–H groups in total. The second-order valence-electron chi connectivity index (χ2n) is 3.86. The molecule has 0 saturated carbocycles. The third-order valence-corrected chi connectivity index (χ3v) is 4.96. The Morgan fingerprint density at radius 2 is 1.78 bits per heavy atom. The Bertz CT molecular complexity index is 518. The first kappa shape index (κ1) is 15.5. The molecular formula is C12H14Cl2O3S. The highest BCUT2D eigenvalue weighted by Crippen LogP contribution is 2.25. The summed E-state index contributed by atoms with van der Waals surface area (Å²) in [6, 6.07) is 4.83. The molecule has 0 saturated heterocycles. The summed E-state index contributed by atoms with van der Waals surface area (Å²) in [4.78, 5) is 11.9. The molecule has 3 nitrogen and oxygen atoms in total. The molecule has 1 rings (SSSR count). The average Bonchev–Trinajstić information content (AvgIpc) is 2.28. The third-order valence-electron chi connectivity index (χ3n) is 2.54. The van der Waals surface area contributed by atoms with Gasteiger partial charge in [0.2, 0.25) is 0 Å². The van der Waals surface area contributed by atoms with E-state index in [2.05, 4.69) is 0 Å². The molecule has 0 aliphatic heterocycles. The van der Waals surface area contributed by atoms with Crippen LogP contribution in [0.2, 0.25) is 10.0 Å². The minimum Gasteiger partial charge on any atom is -0.294 e. The topological polar surface area (TPSA) is 51.2 Å². The van der Waals surface area contributed by atoms with Crippen molar-refractivity contribution < 1.29 is 13.2 Å². The first-order valence-electron chi connectivity index (χ1n) is 5.55. The van der Waals surface area contributed by atoms with Crippen LogP contribution in [0.5, 0.6) is 0 Å². The first-order chi connectivity index (χ1) is 8.37. The molecule has 18 heavy (non-hydrogen) atoms. The summed E-state index contributed by atoms with van der Waals surface area (Å²) in [7, 11) is -3.04. The molecule has 0 aliphatic rings. The van der Waals surface area contributed by atoms with Gasteiger partial charge in [-0.15, -0.1) is 0 Å². The van der Waals surface area contributed by atoms with E-state index in [4.69, 9.17) is 23.2 Å². The van der Waals surface area contributed by atoms with E-state index in [9.17, 15) is 13.2 Å². The number of Topliss-reactive ketones (excluding diaryl/α,β-unsaturated/α-hetero) is 1. The van der Waals surface area contributed by atoms with Crippen LogP contribution in [0.3, 0.4) is 0 Å². The summed E-state index contributed by atoms with van der Waals surface area (Å²) in [5, 5.41) is 0.594. The predicted octanol–water partition coefficient (Wildman–Crippen LogP) is 3.39. The fraction of sp³-hybridized carbons (Fsp3) is 0.417. The standard InChI is InChI=1S/C12H14Cl2O3S/c1-2-18(16,17)8-4-7-11(15)12-9(13)5-3-6-10(12)14/h3,5-6H,2,4,7-8H2,1H3. The van der Waals surface area contributed by atoms with E-state index in [0.717, 1.165) is 0 Å². The van der Waals surface area contributed by atoms with E-state index in [1.165, 1.54) is 0 Å². The van der Waals surface area contributed by atoms with Crippen molar-refractivity contribution >= 4 is 38.8 Å². The van der Waals surface area contributed by atoms with Crippen molar-refractivity contribution in [2.45, 2.75) is 19.8 Å². The lowest BCUT2D eigenvalue weighted by Crippen LogP contribution is -2.11. The van der Waals surface area contributed by atoms with Crippen molar-refractivity contribution in [3.05, 3.63) is 33.8 Å². The van der Waals surface area contributed by atoms with Crippen LogP contribution in [0.25, 0.3) is 0 Å². The molecule has 100 valence electrons. The van der Waals surface area contributed by atoms with Crippen LogP contribution in [0.1, 0.15) is 30.1 Å². The van der Waals surface area contributed by atoms with Crippen molar-refractivity contribution in [2.24, 2.45) is 0 Å². The van der Waals surface area contributed by atoms with E-state index in [1.807, 2.05) is 0 Å². The van der Waals surface area contributed by atoms with Gasteiger partial charge in [-0.05, 0) is 18.6 Å². The van der Waals surface area contributed by atoms with Crippen molar-refractivity contribution in [1.82, 2.24) is 0 Å². The van der Waals surface area contributed by atoms with E-state index >= 15 is 0 Å². The fourth-order valence-corrected chi connectivity index (χ4v) is 2.97. The predicted molar refractivity (Wildman–Crippen MR) is 74.4 cm³/mol. The van der Waals surface area contributed by atoms with E-state index in [0.29, 0.717) is 10.0 Å². The van der Waals surface area contributed by atoms with Gasteiger partial charge in [0, 0.05) is 12.2 Å². The van der Waals surface area contributed by atoms with Crippen molar-refractivity contribution in [2.75, 3.05) is 11.5 Å². The molecule has 0 radical (unpaired) electrons. The van der Waals surface area contributed by atoms with Crippen LogP contribution in [-0.2, 0) is 9.84 Å². The summed E-state index contributed by atoms with van der Waals surface area (Å²) < 4.78 is 22.6. The van der Waals surface area contributed by atoms with E-state index in [-0.39, 0.29) is 35.7 Å². The molecule has 0 aromatic heterocycles. The van der Waals surface area contributed by atoms with Crippen LogP contribution in [-0.4, -0.2) is 25.7 Å². The Morgan fingerprint density at radius 3 is 2.28 bits per heavy atom. The van der Waals surface area contributed by atoms with E-state index in [1.54, 1.807) is 25.1 Å². The molecule has 0 fully saturated rings. The number of sulfone groups is 1. The van der Waals surface area contributed by atoms with E-state index < -0.39 is 9.84 Å². The van der Waals surface area contributed by atoms with Crippen molar-refractivity contribution in [1.29, 1.82) is 0 Å². The van der Waals surface area contributed by atoms with Gasteiger partial charge in [0.15, 0.2) is 5.78 Å². The van der Waals surface area contributed by atoms with Gasteiger partial charge in [0.1, 0.15) is 9.84 Å². The number of halogens is 2. The fourth-order valence-electron chi connectivity index (χ4n) is 1.49. The number of carbonyl (C=O) groups excluding carboxylic acids is 1. The monoisotopic (exact) mass is 308 g/mol. The summed E-state index contributed by atoms with van der Waals surface area (Å²) in [6.45, 7) is 1.59. The maximum Gasteiger partial charge on any atom is 0.165 e. The number of ketones is 1. The Hall–Kier alpha value is -0.580. The molecule has 1 aromatic rings. The lowest BCUT2D eigenvalue weighted by Gasteiger charge is -2.05. The van der Waals surface area contributed by atoms with Crippen molar-refractivity contribution in [3.8, 4) is 0 Å². The van der Waals surface area contributed by atoms with Gasteiger partial charge in [-0.1, -0.05) is 36.2 Å². The van der Waals surface area contributed by atoms with Gasteiger partial charge in [0.05, 0.1) is 21.4 Å². The summed E-state index contributed by atoms with van der Waals surface area (Å²) in [5.41, 5.74) is 0.273. The maximum absolute atomic E-state index is 11.9. The summed E-state index contributed by atoms with van der Waals surface area (Å²) in [5.74, 6) is -0.123. The highest BCUT2D eigenvalue weighted by molar-refractivity contribution is 7.91. The van der Waals surface area contributed by atoms with Crippen LogP contribution in [0.15, 0.2) is 18.2 Å². The van der Waals surface area contributed by atoms with Crippen LogP contribution in [0.4, 0.5) is 0 Å². The molecule has 0 spiro atoms. The molecule has 0 atom stereocenters. The summed E-state index contributed by atoms with van der Waals surface area (Å²) >= 11 is 11.8. The Balaban J connectivity index is 2.67. The number of carbonyl (C=O) groups is 1. The zero-order valence-corrected chi connectivity index (χ0v) is 12.3. The molecule has 1 aromatic carbocycles. The maximum atomic E-state index is 11.9. The minimum absolute atomic E-state index is 0.0112. The van der Waals surface area contributed by atoms with Gasteiger partial charge in [-0.2, -0.15) is 0 Å². The minimum atomic E-state index is -3.04. The molecular weight excluding hydrogens is 295 g/mol. The van der Waals surface area contributed by atoms with Crippen molar-refractivity contribution in [3.63, 3.8) is 0 Å². The summed E-state index contributed by atoms with van der Waals surface area (Å²) in [6.07, 6.45) is 0.416. The normalized spacial score (nSPS) is 11.5. The van der Waals surface area contributed by atoms with Gasteiger partial charge >= 0.3 is 0 Å². The Morgan fingerprint density at radius 1 is 1.22 bits per heavy atom. The number of rotatable bonds is 6. The van der Waals surface area contributed by atoms with Gasteiger partial charge in [-0.25, -0.2) is 8.42 Å². The molecule has 6 heteroatoms. The SMILES string of the molecule is CCS(=O)(=O)CCCC(=O)c1c(Cl)cccc1Cl. The third kappa shape index (κ3) is 4.26. The van der Waals surface area contributed by atoms with Crippen LogP contribution < -0.4 is 0 Å². The van der Waals surface area contributed by atoms with Crippen LogP contribution in [0, 0.1) is 0 Å². The molecule has 0 aliphatic carbocycles. The number of hydrogen-bond donors (Lipinski definition) is 0. The Kier molecular flexibility index (Phi) is 5.63. The Labute approximate surface area is 117 Å². The zero-order chi connectivity index (χ0) is 13.8. The van der Waals surface area contributed by atoms with Crippen LogP contribution >= 0.6 is 23.2 Å².